The number of carbonyl (C=O) groups excluding carboxylic acids is 2. The molecule has 0 amide bonds. The quantitative estimate of drug-likeness (QED) is 0.346. The summed E-state index contributed by atoms with van der Waals surface area (Å²) in [7, 11) is 0. The lowest BCUT2D eigenvalue weighted by molar-refractivity contribution is 0.0979. The van der Waals surface area contributed by atoms with Crippen LogP contribution in [0.5, 0.6) is 0 Å². The van der Waals surface area contributed by atoms with Gasteiger partial charge in [-0.15, -0.1) is 0 Å². The molecule has 0 aliphatic heterocycles. The Kier molecular flexibility index (Phi) is 3.60. The van der Waals surface area contributed by atoms with Crippen molar-refractivity contribution in [2.45, 2.75) is 0 Å². The van der Waals surface area contributed by atoms with Crippen LogP contribution in [0.15, 0.2) is 47.6 Å². The van der Waals surface area contributed by atoms with E-state index in [9.17, 15) is 9.59 Å². The van der Waals surface area contributed by atoms with E-state index in [1.54, 1.807) is 42.5 Å². The van der Waals surface area contributed by atoms with Crippen molar-refractivity contribution in [3.05, 3.63) is 75.2 Å². The second kappa shape index (κ2) is 5.71. The van der Waals surface area contributed by atoms with Gasteiger partial charge >= 0.3 is 0 Å². The van der Waals surface area contributed by atoms with Gasteiger partial charge in [-0.1, -0.05) is 41.5 Å². The number of carbonyl (C=O) groups is 2. The van der Waals surface area contributed by atoms with Gasteiger partial charge in [0.2, 0.25) is 0 Å². The number of benzene rings is 2. The van der Waals surface area contributed by atoms with Gasteiger partial charge in [-0.25, -0.2) is 0 Å². The van der Waals surface area contributed by atoms with Crippen LogP contribution < -0.4 is 5.32 Å². The maximum Gasteiger partial charge on any atom is 0.196 e. The molecule has 22 heavy (non-hydrogen) atoms. The molecule has 1 aliphatic carbocycles. The highest BCUT2D eigenvalue weighted by Gasteiger charge is 2.31. The van der Waals surface area contributed by atoms with Crippen LogP contribution in [-0.4, -0.2) is 24.7 Å². The Labute approximate surface area is 126 Å². The van der Waals surface area contributed by atoms with Gasteiger partial charge in [-0.05, 0) is 11.6 Å². The minimum atomic E-state index is -0.169. The van der Waals surface area contributed by atoms with Crippen molar-refractivity contribution >= 4 is 17.3 Å². The molecule has 3 rings (SSSR count). The lowest BCUT2D eigenvalue weighted by atomic mass is 9.83. The minimum Gasteiger partial charge on any atom is -0.384 e. The molecular formula is C16H12N4O2. The average Bonchev–Trinajstić information content (AvgIpc) is 2.56. The summed E-state index contributed by atoms with van der Waals surface area (Å²) >= 11 is 0. The first-order chi connectivity index (χ1) is 10.7. The summed E-state index contributed by atoms with van der Waals surface area (Å²) in [6, 6.07) is 11.9. The molecule has 0 aromatic heterocycles. The van der Waals surface area contributed by atoms with Crippen molar-refractivity contribution in [3.63, 3.8) is 0 Å². The second-order valence-corrected chi connectivity index (χ2v) is 4.81. The van der Waals surface area contributed by atoms with E-state index in [-0.39, 0.29) is 18.1 Å². The monoisotopic (exact) mass is 292 g/mol. The van der Waals surface area contributed by atoms with Crippen LogP contribution in [-0.2, 0) is 0 Å². The molecule has 2 aromatic rings. The van der Waals surface area contributed by atoms with E-state index < -0.39 is 0 Å². The van der Waals surface area contributed by atoms with Crippen LogP contribution in [0, 0.1) is 0 Å². The molecular weight excluding hydrogens is 280 g/mol. The highest BCUT2D eigenvalue weighted by molar-refractivity contribution is 6.30. The number of rotatable bonds is 4. The third-order valence-corrected chi connectivity index (χ3v) is 3.54. The number of hydrogen-bond donors (Lipinski definition) is 1. The highest BCUT2D eigenvalue weighted by Crippen LogP contribution is 2.31. The molecule has 0 bridgehead atoms. The third kappa shape index (κ3) is 2.21. The largest absolute Gasteiger partial charge is 0.384 e. The van der Waals surface area contributed by atoms with Crippen LogP contribution in [0.3, 0.4) is 0 Å². The molecule has 0 atom stereocenters. The zero-order valence-corrected chi connectivity index (χ0v) is 11.6. The molecule has 2 aromatic carbocycles. The van der Waals surface area contributed by atoms with E-state index in [0.717, 1.165) is 0 Å². The lowest BCUT2D eigenvalue weighted by Crippen LogP contribution is -2.22. The van der Waals surface area contributed by atoms with Gasteiger partial charge in [0.05, 0.1) is 5.56 Å². The summed E-state index contributed by atoms with van der Waals surface area (Å²) in [5.74, 6) is -0.319. The summed E-state index contributed by atoms with van der Waals surface area (Å²) in [6.07, 6.45) is 0. The molecule has 0 saturated carbocycles. The van der Waals surface area contributed by atoms with Gasteiger partial charge in [-0.2, -0.15) is 0 Å². The van der Waals surface area contributed by atoms with Crippen molar-refractivity contribution in [1.29, 1.82) is 0 Å². The number of fused-ring (bicyclic) bond motifs is 2. The third-order valence-electron chi connectivity index (χ3n) is 3.54. The van der Waals surface area contributed by atoms with Crippen LogP contribution >= 0.6 is 0 Å². The molecule has 0 saturated heterocycles. The normalized spacial score (nSPS) is 12.2. The van der Waals surface area contributed by atoms with Crippen LogP contribution in [0.4, 0.5) is 5.69 Å². The van der Waals surface area contributed by atoms with Crippen molar-refractivity contribution in [2.75, 3.05) is 18.4 Å². The number of anilines is 1. The molecule has 0 unspecified atom stereocenters. The van der Waals surface area contributed by atoms with E-state index in [2.05, 4.69) is 15.3 Å². The first kappa shape index (κ1) is 13.9. The standard InChI is InChI=1S/C16H12N4O2/c17-20-19-9-8-18-13-7-3-6-12-14(13)16(22)11-5-2-1-4-10(11)15(12)21/h1-7,18H,8-9H2. The lowest BCUT2D eigenvalue weighted by Gasteiger charge is -2.20. The zero-order chi connectivity index (χ0) is 15.5. The van der Waals surface area contributed by atoms with Gasteiger partial charge in [0, 0.05) is 40.4 Å². The van der Waals surface area contributed by atoms with E-state index in [4.69, 9.17) is 5.53 Å². The Balaban J connectivity index is 2.03. The van der Waals surface area contributed by atoms with Crippen molar-refractivity contribution in [1.82, 2.24) is 0 Å². The van der Waals surface area contributed by atoms with Crippen LogP contribution in [0.2, 0.25) is 0 Å². The average molecular weight is 292 g/mol. The summed E-state index contributed by atoms with van der Waals surface area (Å²) < 4.78 is 0. The van der Waals surface area contributed by atoms with E-state index in [1.165, 1.54) is 0 Å². The van der Waals surface area contributed by atoms with Gasteiger partial charge in [-0.3, -0.25) is 9.59 Å². The molecule has 0 heterocycles. The predicted octanol–water partition coefficient (Wildman–Crippen LogP) is 3.18. The molecule has 1 N–H and O–H groups in total. The fourth-order valence-corrected chi connectivity index (χ4v) is 2.58. The van der Waals surface area contributed by atoms with Gasteiger partial charge < -0.3 is 5.32 Å². The Bertz CT molecular complexity index is 823. The fraction of sp³-hybridized carbons (Fsp3) is 0.125. The van der Waals surface area contributed by atoms with Gasteiger partial charge in [0.1, 0.15) is 0 Å². The Morgan fingerprint density at radius 1 is 0.955 bits per heavy atom. The molecule has 1 aliphatic rings. The maximum atomic E-state index is 12.7. The van der Waals surface area contributed by atoms with Gasteiger partial charge in [0.25, 0.3) is 0 Å². The van der Waals surface area contributed by atoms with E-state index in [1.807, 2.05) is 0 Å². The number of nitrogens with one attached hydrogen (secondary N) is 1. The SMILES string of the molecule is [N-]=[N+]=NCCNc1cccc2c1C(=O)c1ccccc1C2=O. The topological polar surface area (TPSA) is 94.9 Å². The van der Waals surface area contributed by atoms with Crippen molar-refractivity contribution in [3.8, 4) is 0 Å². The fourth-order valence-electron chi connectivity index (χ4n) is 2.58. The second-order valence-electron chi connectivity index (χ2n) is 4.81. The number of ketones is 2. The maximum absolute atomic E-state index is 12.7. The van der Waals surface area contributed by atoms with E-state index in [0.29, 0.717) is 34.5 Å². The highest BCUT2D eigenvalue weighted by atomic mass is 16.1. The first-order valence-electron chi connectivity index (χ1n) is 6.80. The summed E-state index contributed by atoms with van der Waals surface area (Å²) in [4.78, 5) is 27.9. The summed E-state index contributed by atoms with van der Waals surface area (Å²) in [6.45, 7) is 0.655. The molecule has 0 radical (unpaired) electrons. The zero-order valence-electron chi connectivity index (χ0n) is 11.6. The molecule has 108 valence electrons. The summed E-state index contributed by atoms with van der Waals surface area (Å²) in [5, 5.41) is 6.49. The Morgan fingerprint density at radius 2 is 1.64 bits per heavy atom. The van der Waals surface area contributed by atoms with Gasteiger partial charge in [0.15, 0.2) is 11.6 Å². The van der Waals surface area contributed by atoms with Crippen molar-refractivity contribution in [2.24, 2.45) is 5.11 Å². The van der Waals surface area contributed by atoms with Crippen molar-refractivity contribution < 1.29 is 9.59 Å². The molecule has 6 heteroatoms. The number of hydrogen-bond acceptors (Lipinski definition) is 4. The smallest absolute Gasteiger partial charge is 0.196 e. The van der Waals surface area contributed by atoms with Crippen LogP contribution in [0.25, 0.3) is 10.4 Å². The molecule has 0 spiro atoms. The predicted molar refractivity (Wildman–Crippen MR) is 82.3 cm³/mol. The Morgan fingerprint density at radius 3 is 2.36 bits per heavy atom. The summed E-state index contributed by atoms with van der Waals surface area (Å²) in [5.41, 5.74) is 10.5. The first-order valence-corrected chi connectivity index (χ1v) is 6.80. The number of azide groups is 1. The van der Waals surface area contributed by atoms with Crippen LogP contribution in [0.1, 0.15) is 31.8 Å². The molecule has 6 nitrogen and oxygen atoms in total. The Hall–Kier alpha value is -3.11. The van der Waals surface area contributed by atoms with E-state index >= 15 is 0 Å². The number of nitrogens with zero attached hydrogens (tertiary/aromatic N) is 3. The minimum absolute atomic E-state index is 0.149. The molecule has 0 fully saturated rings.